The maximum atomic E-state index is 10.7. The van der Waals surface area contributed by atoms with Crippen LogP contribution >= 0.6 is 11.3 Å². The van der Waals surface area contributed by atoms with Crippen LogP contribution in [0.5, 0.6) is 0 Å². The minimum Gasteiger partial charge on any atom is -0.407 e. The highest BCUT2D eigenvalue weighted by Crippen LogP contribution is 2.36. The summed E-state index contributed by atoms with van der Waals surface area (Å²) in [6, 6.07) is 25.5. The first-order valence-electron chi connectivity index (χ1n) is 11.5. The first kappa shape index (κ1) is 24.2. The van der Waals surface area contributed by atoms with Crippen LogP contribution in [0.4, 0.5) is 0 Å². The van der Waals surface area contributed by atoms with Crippen LogP contribution in [0.3, 0.4) is 0 Å². The molecular formula is C28H30N2O2SSi. The van der Waals surface area contributed by atoms with E-state index < -0.39 is 8.32 Å². The number of aldehydes is 1. The molecule has 0 unspecified atom stereocenters. The number of rotatable bonds is 9. The highest BCUT2D eigenvalue weighted by molar-refractivity contribution is 7.13. The van der Waals surface area contributed by atoms with Crippen LogP contribution in [0.25, 0.3) is 10.7 Å². The molecule has 0 radical (unpaired) electrons. The van der Waals surface area contributed by atoms with Gasteiger partial charge in [0.25, 0.3) is 8.32 Å². The monoisotopic (exact) mass is 486 g/mol. The summed E-state index contributed by atoms with van der Waals surface area (Å²) >= 11 is 1.52. The largest absolute Gasteiger partial charge is 0.407 e. The van der Waals surface area contributed by atoms with Gasteiger partial charge in [0, 0.05) is 24.6 Å². The molecule has 34 heavy (non-hydrogen) atoms. The average Bonchev–Trinajstić information content (AvgIpc) is 3.31. The molecule has 0 aliphatic rings. The Morgan fingerprint density at radius 2 is 1.59 bits per heavy atom. The van der Waals surface area contributed by atoms with Gasteiger partial charge in [-0.05, 0) is 33.5 Å². The molecule has 0 N–H and O–H groups in total. The molecule has 0 aliphatic carbocycles. The molecule has 0 bridgehead atoms. The van der Waals surface area contributed by atoms with E-state index in [0.29, 0.717) is 13.0 Å². The quantitative estimate of drug-likeness (QED) is 0.245. The van der Waals surface area contributed by atoms with E-state index in [1.807, 2.05) is 17.6 Å². The molecule has 0 saturated carbocycles. The summed E-state index contributed by atoms with van der Waals surface area (Å²) in [5.41, 5.74) is 2.75. The maximum absolute atomic E-state index is 10.7. The summed E-state index contributed by atoms with van der Waals surface area (Å²) in [5, 5.41) is 5.29. The third-order valence-electron chi connectivity index (χ3n) is 6.01. The van der Waals surface area contributed by atoms with Gasteiger partial charge in [0.2, 0.25) is 0 Å². The molecule has 0 aliphatic heterocycles. The van der Waals surface area contributed by atoms with Crippen LogP contribution in [-0.2, 0) is 22.1 Å². The van der Waals surface area contributed by atoms with Gasteiger partial charge >= 0.3 is 0 Å². The zero-order valence-electron chi connectivity index (χ0n) is 19.9. The molecule has 4 aromatic rings. The molecule has 2 heterocycles. The Hall–Kier alpha value is -2.93. The lowest BCUT2D eigenvalue weighted by atomic mass is 10.2. The van der Waals surface area contributed by atoms with E-state index >= 15 is 0 Å². The van der Waals surface area contributed by atoms with Gasteiger partial charge < -0.3 is 9.22 Å². The number of benzene rings is 2. The Labute approximate surface area is 206 Å². The van der Waals surface area contributed by atoms with Crippen LogP contribution in [0.15, 0.2) is 84.4 Å². The first-order chi connectivity index (χ1) is 16.4. The molecule has 0 fully saturated rings. The highest BCUT2D eigenvalue weighted by Gasteiger charge is 2.49. The predicted molar refractivity (Wildman–Crippen MR) is 142 cm³/mol. The van der Waals surface area contributed by atoms with Gasteiger partial charge in [0.15, 0.2) is 0 Å². The van der Waals surface area contributed by atoms with Gasteiger partial charge in [-0.25, -0.2) is 4.98 Å². The van der Waals surface area contributed by atoms with Crippen molar-refractivity contribution in [3.05, 3.63) is 95.6 Å². The fourth-order valence-electron chi connectivity index (χ4n) is 4.39. The smallest absolute Gasteiger partial charge is 0.261 e. The summed E-state index contributed by atoms with van der Waals surface area (Å²) in [6.45, 7) is 7.50. The standard InChI is InChI=1S/C28H30N2O2SSi/c1-28(2,3)34(24-10-6-4-7-11-24,25-12-8-5-9-13-25)32-19-17-22-14-15-26(29-20-22)27-30-23(16-18-31)21-33-27/h4-15,18,20-21H,16-17,19H2,1-3H3. The van der Waals surface area contributed by atoms with E-state index in [4.69, 9.17) is 4.43 Å². The van der Waals surface area contributed by atoms with E-state index in [2.05, 4.69) is 97.5 Å². The average molecular weight is 487 g/mol. The molecule has 174 valence electrons. The fourth-order valence-corrected chi connectivity index (χ4v) is 9.76. The molecule has 0 saturated heterocycles. The fraction of sp³-hybridized carbons (Fsp3) is 0.250. The SMILES string of the molecule is CC(C)(C)[Si](OCCc1ccc(-c2nc(CC=O)cs2)nc1)(c1ccccc1)c1ccccc1. The minimum atomic E-state index is -2.53. The van der Waals surface area contributed by atoms with Gasteiger partial charge in [0.1, 0.15) is 11.3 Å². The van der Waals surface area contributed by atoms with Crippen LogP contribution < -0.4 is 10.4 Å². The molecule has 0 amide bonds. The van der Waals surface area contributed by atoms with Gasteiger partial charge in [-0.1, -0.05) is 87.5 Å². The lowest BCUT2D eigenvalue weighted by molar-refractivity contribution is -0.107. The van der Waals surface area contributed by atoms with Crippen LogP contribution in [-0.4, -0.2) is 31.2 Å². The predicted octanol–water partition coefficient (Wildman–Crippen LogP) is 5.07. The number of hydrogen-bond acceptors (Lipinski definition) is 5. The summed E-state index contributed by atoms with van der Waals surface area (Å²) < 4.78 is 6.98. The second kappa shape index (κ2) is 10.6. The van der Waals surface area contributed by atoms with Gasteiger partial charge in [0.05, 0.1) is 11.4 Å². The molecule has 2 aromatic heterocycles. The Bertz CT molecular complexity index is 1160. The lowest BCUT2D eigenvalue weighted by Crippen LogP contribution is -2.66. The zero-order chi connectivity index (χ0) is 24.0. The van der Waals surface area contributed by atoms with Crippen molar-refractivity contribution in [1.29, 1.82) is 0 Å². The Morgan fingerprint density at radius 3 is 2.12 bits per heavy atom. The number of pyridine rings is 1. The lowest BCUT2D eigenvalue weighted by Gasteiger charge is -2.43. The summed E-state index contributed by atoms with van der Waals surface area (Å²) in [7, 11) is -2.53. The minimum absolute atomic E-state index is 0.0398. The van der Waals surface area contributed by atoms with Crippen molar-refractivity contribution in [1.82, 2.24) is 9.97 Å². The van der Waals surface area contributed by atoms with Crippen molar-refractivity contribution in [2.75, 3.05) is 6.61 Å². The van der Waals surface area contributed by atoms with Crippen molar-refractivity contribution in [3.63, 3.8) is 0 Å². The zero-order valence-corrected chi connectivity index (χ0v) is 21.7. The van der Waals surface area contributed by atoms with Crippen molar-refractivity contribution < 1.29 is 9.22 Å². The van der Waals surface area contributed by atoms with Crippen LogP contribution in [0.1, 0.15) is 32.0 Å². The molecule has 0 spiro atoms. The van der Waals surface area contributed by atoms with Crippen LogP contribution in [0, 0.1) is 0 Å². The topological polar surface area (TPSA) is 52.1 Å². The maximum Gasteiger partial charge on any atom is 0.261 e. The van der Waals surface area contributed by atoms with Crippen molar-refractivity contribution >= 4 is 36.3 Å². The molecule has 2 aromatic carbocycles. The highest BCUT2D eigenvalue weighted by atomic mass is 32.1. The van der Waals surface area contributed by atoms with E-state index in [1.54, 1.807) is 0 Å². The van der Waals surface area contributed by atoms with Crippen molar-refractivity contribution in [2.24, 2.45) is 0 Å². The van der Waals surface area contributed by atoms with E-state index in [-0.39, 0.29) is 5.04 Å². The molecule has 4 nitrogen and oxygen atoms in total. The first-order valence-corrected chi connectivity index (χ1v) is 14.3. The second-order valence-electron chi connectivity index (χ2n) is 9.33. The van der Waals surface area contributed by atoms with Crippen molar-refractivity contribution in [3.8, 4) is 10.7 Å². The molecule has 6 heteroatoms. The second-order valence-corrected chi connectivity index (χ2v) is 14.5. The van der Waals surface area contributed by atoms with E-state index in [0.717, 1.165) is 34.7 Å². The third kappa shape index (κ3) is 5.09. The van der Waals surface area contributed by atoms with Crippen molar-refractivity contribution in [2.45, 2.75) is 38.7 Å². The Morgan fingerprint density at radius 1 is 0.941 bits per heavy atom. The number of carbonyl (C=O) groups excluding carboxylic acids is 1. The number of hydrogen-bond donors (Lipinski definition) is 0. The van der Waals surface area contributed by atoms with E-state index in [9.17, 15) is 4.79 Å². The summed E-state index contributed by atoms with van der Waals surface area (Å²) in [4.78, 5) is 19.8. The number of nitrogens with zero attached hydrogens (tertiary/aromatic N) is 2. The Kier molecular flexibility index (Phi) is 7.51. The van der Waals surface area contributed by atoms with Gasteiger partial charge in [-0.2, -0.15) is 0 Å². The molecular weight excluding hydrogens is 456 g/mol. The summed E-state index contributed by atoms with van der Waals surface area (Å²) in [6.07, 6.45) is 3.91. The van der Waals surface area contributed by atoms with Gasteiger partial charge in [-0.15, -0.1) is 11.3 Å². The third-order valence-corrected chi connectivity index (χ3v) is 12.0. The number of thiazole rings is 1. The molecule has 4 rings (SSSR count). The van der Waals surface area contributed by atoms with E-state index in [1.165, 1.54) is 21.7 Å². The van der Waals surface area contributed by atoms with Gasteiger partial charge in [-0.3, -0.25) is 4.98 Å². The summed E-state index contributed by atoms with van der Waals surface area (Å²) in [5.74, 6) is 0. The molecule has 0 atom stereocenters. The Balaban J connectivity index is 1.55. The van der Waals surface area contributed by atoms with Crippen LogP contribution in [0.2, 0.25) is 5.04 Å². The normalized spacial score (nSPS) is 12.0. The number of aromatic nitrogens is 2. The number of carbonyl (C=O) groups is 1.